The Morgan fingerprint density at radius 2 is 0.460 bits per heavy atom. The second-order valence-electron chi connectivity index (χ2n) is 25.4. The third-order valence-corrected chi connectivity index (χ3v) is 14.1. The van der Waals surface area contributed by atoms with Crippen LogP contribution in [0.25, 0.3) is 0 Å². The van der Waals surface area contributed by atoms with Crippen molar-refractivity contribution in [2.45, 2.75) is 236 Å². The van der Waals surface area contributed by atoms with E-state index >= 15 is 0 Å². The van der Waals surface area contributed by atoms with Crippen LogP contribution in [0, 0.1) is 20.8 Å². The normalized spacial score (nSPS) is 14.9. The molecule has 0 fully saturated rings. The van der Waals surface area contributed by atoms with Crippen molar-refractivity contribution >= 4 is 0 Å². The van der Waals surface area contributed by atoms with E-state index < -0.39 is 0 Å². The second kappa shape index (κ2) is 17.6. The summed E-state index contributed by atoms with van der Waals surface area (Å²) in [6.07, 6.45) is 2.70. The van der Waals surface area contributed by atoms with Gasteiger partial charge in [-0.1, -0.05) is 182 Å². The van der Waals surface area contributed by atoms with Gasteiger partial charge in [0.15, 0.2) is 0 Å². The number of aromatic hydroxyl groups is 3. The minimum Gasteiger partial charge on any atom is -0.507 e. The lowest BCUT2D eigenvalue weighted by Gasteiger charge is -2.36. The smallest absolute Gasteiger partial charge is 0.123 e. The van der Waals surface area contributed by atoms with Gasteiger partial charge in [-0.15, -0.1) is 0 Å². The Bertz CT molecular complexity index is 1920. The van der Waals surface area contributed by atoms with Crippen LogP contribution >= 0.6 is 0 Å². The molecule has 0 amide bonds. The lowest BCUT2D eigenvalue weighted by molar-refractivity contribution is 0.421. The first-order valence-electron chi connectivity index (χ1n) is 24.2. The maximum absolute atomic E-state index is 11.9. The predicted molar refractivity (Wildman–Crippen MR) is 274 cm³/mol. The molecule has 348 valence electrons. The van der Waals surface area contributed by atoms with Crippen molar-refractivity contribution in [2.24, 2.45) is 0 Å². The van der Waals surface area contributed by atoms with Crippen LogP contribution in [0.2, 0.25) is 0 Å². The molecule has 0 aromatic heterocycles. The first kappa shape index (κ1) is 51.9. The number of benzene rings is 4. The summed E-state index contributed by atoms with van der Waals surface area (Å²) in [5.41, 5.74) is 16.3. The van der Waals surface area contributed by atoms with Crippen molar-refractivity contribution in [3.05, 3.63) is 120 Å². The van der Waals surface area contributed by atoms with E-state index in [1.807, 2.05) is 0 Å². The van der Waals surface area contributed by atoms with E-state index in [2.05, 4.69) is 203 Å². The van der Waals surface area contributed by atoms with Gasteiger partial charge in [-0.2, -0.15) is 0 Å². The summed E-state index contributed by atoms with van der Waals surface area (Å²) in [5, 5.41) is 35.8. The number of phenolic OH excluding ortho intramolecular Hbond substituents is 3. The molecule has 3 N–H and O–H groups in total. The predicted octanol–water partition coefficient (Wildman–Crippen LogP) is 17.1. The Hall–Kier alpha value is -3.72. The first-order chi connectivity index (χ1) is 28.4. The van der Waals surface area contributed by atoms with Gasteiger partial charge in [0, 0.05) is 17.8 Å². The summed E-state index contributed by atoms with van der Waals surface area (Å²) in [4.78, 5) is 0. The summed E-state index contributed by atoms with van der Waals surface area (Å²) in [6.45, 7) is 53.9. The summed E-state index contributed by atoms with van der Waals surface area (Å²) in [5.74, 6) is 1.47. The molecule has 3 nitrogen and oxygen atoms in total. The van der Waals surface area contributed by atoms with Gasteiger partial charge in [-0.3, -0.25) is 0 Å². The summed E-state index contributed by atoms with van der Waals surface area (Å²) < 4.78 is 0. The van der Waals surface area contributed by atoms with Crippen molar-refractivity contribution in [1.82, 2.24) is 0 Å². The fourth-order valence-corrected chi connectivity index (χ4v) is 10.7. The van der Waals surface area contributed by atoms with Crippen LogP contribution in [0.15, 0.2) is 36.4 Å². The molecule has 3 heteroatoms. The van der Waals surface area contributed by atoms with Gasteiger partial charge in [0.25, 0.3) is 0 Å². The van der Waals surface area contributed by atoms with Gasteiger partial charge >= 0.3 is 0 Å². The number of hydrogen-bond donors (Lipinski definition) is 3. The summed E-state index contributed by atoms with van der Waals surface area (Å²) >= 11 is 0. The first-order valence-corrected chi connectivity index (χ1v) is 24.2. The topological polar surface area (TPSA) is 60.7 Å². The van der Waals surface area contributed by atoms with Gasteiger partial charge in [0.2, 0.25) is 0 Å². The molecule has 3 unspecified atom stereocenters. The molecule has 4 rings (SSSR count). The van der Waals surface area contributed by atoms with Gasteiger partial charge in [0.05, 0.1) is 0 Å². The third-order valence-electron chi connectivity index (χ3n) is 14.1. The van der Waals surface area contributed by atoms with E-state index in [1.54, 1.807) is 0 Å². The maximum atomic E-state index is 11.9. The minimum atomic E-state index is -0.254. The molecule has 0 spiro atoms. The summed E-state index contributed by atoms with van der Waals surface area (Å²) in [7, 11) is 0. The highest BCUT2D eigenvalue weighted by atomic mass is 16.3. The lowest BCUT2D eigenvalue weighted by Crippen LogP contribution is -2.22. The average molecular weight is 859 g/mol. The van der Waals surface area contributed by atoms with Crippen LogP contribution in [0.1, 0.15) is 266 Å². The number of rotatable bonds is 9. The highest BCUT2D eigenvalue weighted by Gasteiger charge is 2.36. The molecule has 0 bridgehead atoms. The third kappa shape index (κ3) is 10.2. The van der Waals surface area contributed by atoms with E-state index in [0.29, 0.717) is 17.2 Å². The maximum Gasteiger partial charge on any atom is 0.123 e. The molecule has 0 heterocycles. The Labute approximate surface area is 386 Å². The van der Waals surface area contributed by atoms with Crippen molar-refractivity contribution < 1.29 is 15.3 Å². The molecule has 63 heavy (non-hydrogen) atoms. The van der Waals surface area contributed by atoms with E-state index in [-0.39, 0.29) is 50.2 Å². The SMILES string of the molecule is CCC(c1cc(C(C)(C)C)c(O)c(C(C)(C)C)c1)c1c(C)c(C(CC)c2cc(C(C)(C)C)c(O)c(C(C)(C)C)c2)c(C)c(C(CC)c2cc(C(C)(C)C)c(O)c(C(C)(C)C)c2)c1C. The minimum absolute atomic E-state index is 0.0751. The van der Waals surface area contributed by atoms with Gasteiger partial charge < -0.3 is 15.3 Å². The molecule has 0 saturated carbocycles. The lowest BCUT2D eigenvalue weighted by atomic mass is 9.69. The Morgan fingerprint density at radius 3 is 0.571 bits per heavy atom. The highest BCUT2D eigenvalue weighted by Crippen LogP contribution is 2.51. The van der Waals surface area contributed by atoms with Crippen LogP contribution in [-0.2, 0) is 32.5 Å². The van der Waals surface area contributed by atoms with E-state index in [1.165, 1.54) is 50.1 Å². The quantitative estimate of drug-likeness (QED) is 0.157. The molecular weight excluding hydrogens is 769 g/mol. The molecule has 4 aromatic rings. The average Bonchev–Trinajstić information content (AvgIpc) is 3.11. The van der Waals surface area contributed by atoms with Crippen molar-refractivity contribution in [3.8, 4) is 17.2 Å². The highest BCUT2D eigenvalue weighted by molar-refractivity contribution is 5.63. The molecule has 0 radical (unpaired) electrons. The van der Waals surface area contributed by atoms with Crippen molar-refractivity contribution in [3.63, 3.8) is 0 Å². The molecule has 0 aliphatic rings. The molecule has 3 atom stereocenters. The van der Waals surface area contributed by atoms with Crippen LogP contribution in [0.5, 0.6) is 17.2 Å². The standard InChI is InChI=1S/C60H90O3/c1-25-40(37-28-43(55(7,8)9)52(61)44(29-37)56(10,11)12)49-34(4)50(41(26-2)38-30-45(57(13,14)15)53(62)46(31-38)58(16,17)18)36(6)51(35(49)5)42(27-3)39-32-47(59(19,20)21)54(63)48(33-39)60(22,23)24/h28-33,40-42,61-63H,25-27H2,1-24H3. The zero-order valence-corrected chi connectivity index (χ0v) is 44.7. The summed E-state index contributed by atoms with van der Waals surface area (Å²) in [6, 6.07) is 13.8. The Balaban J connectivity index is 2.33. The molecule has 0 aliphatic carbocycles. The fraction of sp³-hybridized carbons (Fsp3) is 0.600. The van der Waals surface area contributed by atoms with Gasteiger partial charge in [0.1, 0.15) is 17.2 Å². The van der Waals surface area contributed by atoms with Gasteiger partial charge in [-0.25, -0.2) is 0 Å². The zero-order chi connectivity index (χ0) is 48.5. The van der Waals surface area contributed by atoms with Crippen LogP contribution < -0.4 is 0 Å². The Kier molecular flexibility index (Phi) is 14.5. The zero-order valence-electron chi connectivity index (χ0n) is 44.7. The van der Waals surface area contributed by atoms with Crippen LogP contribution in [-0.4, -0.2) is 15.3 Å². The Morgan fingerprint density at radius 1 is 0.317 bits per heavy atom. The number of phenols is 3. The molecular formula is C60H90O3. The second-order valence-corrected chi connectivity index (χ2v) is 25.4. The van der Waals surface area contributed by atoms with E-state index in [4.69, 9.17) is 0 Å². The van der Waals surface area contributed by atoms with Crippen LogP contribution in [0.4, 0.5) is 0 Å². The van der Waals surface area contributed by atoms with Gasteiger partial charge in [-0.05, 0) is 156 Å². The monoisotopic (exact) mass is 859 g/mol. The van der Waals surface area contributed by atoms with E-state index in [9.17, 15) is 15.3 Å². The van der Waals surface area contributed by atoms with Crippen LogP contribution in [0.3, 0.4) is 0 Å². The fourth-order valence-electron chi connectivity index (χ4n) is 10.7. The molecule has 4 aromatic carbocycles. The molecule has 0 aliphatic heterocycles. The largest absolute Gasteiger partial charge is 0.507 e. The number of hydrogen-bond acceptors (Lipinski definition) is 3. The molecule has 0 saturated heterocycles. The van der Waals surface area contributed by atoms with Crippen molar-refractivity contribution in [2.75, 3.05) is 0 Å². The van der Waals surface area contributed by atoms with E-state index in [0.717, 1.165) is 52.6 Å². The van der Waals surface area contributed by atoms with Crippen molar-refractivity contribution in [1.29, 1.82) is 0 Å².